The van der Waals surface area contributed by atoms with Crippen LogP contribution in [0.15, 0.2) is 24.3 Å². The number of rotatable bonds is 2. The molecule has 0 radical (unpaired) electrons. The van der Waals surface area contributed by atoms with Gasteiger partial charge in [-0.1, -0.05) is 27.7 Å². The minimum absolute atomic E-state index is 0.0526. The SMILES string of the molecule is CC1CCCN(c2ccc(NC(=O)C(C)(C)C)cc2)C1. The smallest absolute Gasteiger partial charge is 0.229 e. The van der Waals surface area contributed by atoms with Crippen LogP contribution in [0.3, 0.4) is 0 Å². The Balaban J connectivity index is 2.01. The summed E-state index contributed by atoms with van der Waals surface area (Å²) in [5.74, 6) is 0.820. The Bertz CT molecular complexity index is 459. The van der Waals surface area contributed by atoms with Gasteiger partial charge >= 0.3 is 0 Å². The van der Waals surface area contributed by atoms with Crippen molar-refractivity contribution in [2.24, 2.45) is 11.3 Å². The Labute approximate surface area is 122 Å². The van der Waals surface area contributed by atoms with Gasteiger partial charge in [0.25, 0.3) is 0 Å². The molecule has 1 unspecified atom stereocenters. The van der Waals surface area contributed by atoms with E-state index in [1.54, 1.807) is 0 Å². The largest absolute Gasteiger partial charge is 0.371 e. The van der Waals surface area contributed by atoms with Crippen LogP contribution in [0.2, 0.25) is 0 Å². The van der Waals surface area contributed by atoms with E-state index in [1.165, 1.54) is 18.5 Å². The van der Waals surface area contributed by atoms with Crippen molar-refractivity contribution in [1.29, 1.82) is 0 Å². The lowest BCUT2D eigenvalue weighted by molar-refractivity contribution is -0.123. The number of amides is 1. The molecule has 3 heteroatoms. The van der Waals surface area contributed by atoms with Crippen molar-refractivity contribution in [2.75, 3.05) is 23.3 Å². The summed E-state index contributed by atoms with van der Waals surface area (Å²) in [4.78, 5) is 14.4. The molecule has 0 aliphatic carbocycles. The lowest BCUT2D eigenvalue weighted by Crippen LogP contribution is -2.34. The number of carbonyl (C=O) groups is 1. The molecule has 3 nitrogen and oxygen atoms in total. The predicted molar refractivity (Wildman–Crippen MR) is 85.1 cm³/mol. The third-order valence-corrected chi connectivity index (χ3v) is 3.83. The molecule has 110 valence electrons. The van der Waals surface area contributed by atoms with Crippen molar-refractivity contribution in [1.82, 2.24) is 0 Å². The minimum atomic E-state index is -0.360. The zero-order chi connectivity index (χ0) is 14.8. The molecular weight excluding hydrogens is 248 g/mol. The Hall–Kier alpha value is -1.51. The van der Waals surface area contributed by atoms with E-state index in [0.29, 0.717) is 0 Å². The maximum Gasteiger partial charge on any atom is 0.229 e. The molecule has 1 saturated heterocycles. The Morgan fingerprint density at radius 1 is 1.25 bits per heavy atom. The van der Waals surface area contributed by atoms with Crippen molar-refractivity contribution in [2.45, 2.75) is 40.5 Å². The van der Waals surface area contributed by atoms with E-state index < -0.39 is 0 Å². The Kier molecular flexibility index (Phi) is 4.36. The molecule has 1 aliphatic rings. The predicted octanol–water partition coefficient (Wildman–Crippen LogP) is 3.91. The van der Waals surface area contributed by atoms with Crippen LogP contribution >= 0.6 is 0 Å². The van der Waals surface area contributed by atoms with Gasteiger partial charge in [0, 0.05) is 29.9 Å². The van der Waals surface area contributed by atoms with Crippen LogP contribution in [0.25, 0.3) is 0 Å². The second-order valence-corrected chi connectivity index (χ2v) is 6.94. The summed E-state index contributed by atoms with van der Waals surface area (Å²) >= 11 is 0. The summed E-state index contributed by atoms with van der Waals surface area (Å²) in [5.41, 5.74) is 1.77. The summed E-state index contributed by atoms with van der Waals surface area (Å²) in [6.07, 6.45) is 2.60. The highest BCUT2D eigenvalue weighted by Crippen LogP contribution is 2.25. The average molecular weight is 274 g/mol. The van der Waals surface area contributed by atoms with Crippen LogP contribution in [0, 0.1) is 11.3 Å². The van der Waals surface area contributed by atoms with E-state index in [2.05, 4.69) is 29.3 Å². The van der Waals surface area contributed by atoms with E-state index in [4.69, 9.17) is 0 Å². The van der Waals surface area contributed by atoms with Crippen LogP contribution in [-0.2, 0) is 4.79 Å². The second kappa shape index (κ2) is 5.86. The molecular formula is C17H26N2O. The first-order chi connectivity index (χ1) is 9.36. The summed E-state index contributed by atoms with van der Waals surface area (Å²) in [5, 5.41) is 2.96. The van der Waals surface area contributed by atoms with Crippen LogP contribution in [0.5, 0.6) is 0 Å². The van der Waals surface area contributed by atoms with Crippen molar-refractivity contribution in [3.8, 4) is 0 Å². The number of nitrogens with one attached hydrogen (secondary N) is 1. The van der Waals surface area contributed by atoms with E-state index in [9.17, 15) is 4.79 Å². The molecule has 1 aromatic rings. The van der Waals surface area contributed by atoms with Crippen LogP contribution in [-0.4, -0.2) is 19.0 Å². The van der Waals surface area contributed by atoms with E-state index in [1.807, 2.05) is 32.9 Å². The quantitative estimate of drug-likeness (QED) is 0.887. The summed E-state index contributed by atoms with van der Waals surface area (Å²) in [6.45, 7) is 10.3. The van der Waals surface area contributed by atoms with Gasteiger partial charge in [0.2, 0.25) is 5.91 Å². The molecule has 1 aromatic carbocycles. The van der Waals surface area contributed by atoms with Crippen molar-refractivity contribution >= 4 is 17.3 Å². The third-order valence-electron chi connectivity index (χ3n) is 3.83. The highest BCUT2D eigenvalue weighted by molar-refractivity contribution is 5.94. The fourth-order valence-electron chi connectivity index (χ4n) is 2.50. The molecule has 0 saturated carbocycles. The van der Waals surface area contributed by atoms with Crippen molar-refractivity contribution in [3.63, 3.8) is 0 Å². The highest BCUT2D eigenvalue weighted by Gasteiger charge is 2.21. The first-order valence-corrected chi connectivity index (χ1v) is 7.53. The average Bonchev–Trinajstić information content (AvgIpc) is 2.38. The number of benzene rings is 1. The van der Waals surface area contributed by atoms with Gasteiger partial charge in [0.05, 0.1) is 0 Å². The zero-order valence-corrected chi connectivity index (χ0v) is 13.1. The number of nitrogens with zero attached hydrogens (tertiary/aromatic N) is 1. The first kappa shape index (κ1) is 14.9. The molecule has 1 amide bonds. The maximum atomic E-state index is 11.9. The molecule has 1 heterocycles. The van der Waals surface area contributed by atoms with Gasteiger partial charge in [-0.2, -0.15) is 0 Å². The highest BCUT2D eigenvalue weighted by atomic mass is 16.2. The Morgan fingerprint density at radius 3 is 2.45 bits per heavy atom. The molecule has 1 fully saturated rings. The molecule has 0 aromatic heterocycles. The van der Waals surface area contributed by atoms with Gasteiger partial charge in [0.1, 0.15) is 0 Å². The molecule has 1 atom stereocenters. The van der Waals surface area contributed by atoms with Gasteiger partial charge in [-0.25, -0.2) is 0 Å². The van der Waals surface area contributed by atoms with Gasteiger partial charge in [-0.15, -0.1) is 0 Å². The third kappa shape index (κ3) is 3.75. The van der Waals surface area contributed by atoms with E-state index >= 15 is 0 Å². The first-order valence-electron chi connectivity index (χ1n) is 7.53. The molecule has 1 N–H and O–H groups in total. The zero-order valence-electron chi connectivity index (χ0n) is 13.1. The van der Waals surface area contributed by atoms with E-state index in [-0.39, 0.29) is 11.3 Å². The molecule has 20 heavy (non-hydrogen) atoms. The number of carbonyl (C=O) groups excluding carboxylic acids is 1. The summed E-state index contributed by atoms with van der Waals surface area (Å²) in [6, 6.07) is 8.21. The summed E-state index contributed by atoms with van der Waals surface area (Å²) in [7, 11) is 0. The van der Waals surface area contributed by atoms with Crippen molar-refractivity contribution < 1.29 is 4.79 Å². The fourth-order valence-corrected chi connectivity index (χ4v) is 2.50. The Morgan fingerprint density at radius 2 is 1.90 bits per heavy atom. The number of hydrogen-bond acceptors (Lipinski definition) is 2. The van der Waals surface area contributed by atoms with Gasteiger partial charge in [0.15, 0.2) is 0 Å². The van der Waals surface area contributed by atoms with Gasteiger partial charge < -0.3 is 10.2 Å². The van der Waals surface area contributed by atoms with Crippen LogP contribution in [0.1, 0.15) is 40.5 Å². The number of anilines is 2. The normalized spacial score (nSPS) is 19.8. The fraction of sp³-hybridized carbons (Fsp3) is 0.588. The topological polar surface area (TPSA) is 32.3 Å². The standard InChI is InChI=1S/C17H26N2O/c1-13-6-5-11-19(12-13)15-9-7-14(8-10-15)18-16(20)17(2,3)4/h7-10,13H,5-6,11-12H2,1-4H3,(H,18,20). The van der Waals surface area contributed by atoms with Crippen LogP contribution in [0.4, 0.5) is 11.4 Å². The van der Waals surface area contributed by atoms with Crippen LogP contribution < -0.4 is 10.2 Å². The molecule has 2 rings (SSSR count). The van der Waals surface area contributed by atoms with E-state index in [0.717, 1.165) is 24.7 Å². The molecule has 0 bridgehead atoms. The molecule has 1 aliphatic heterocycles. The lowest BCUT2D eigenvalue weighted by Gasteiger charge is -2.32. The summed E-state index contributed by atoms with van der Waals surface area (Å²) < 4.78 is 0. The second-order valence-electron chi connectivity index (χ2n) is 6.94. The number of hydrogen-bond donors (Lipinski definition) is 1. The molecule has 0 spiro atoms. The van der Waals surface area contributed by atoms with Gasteiger partial charge in [-0.05, 0) is 43.0 Å². The number of piperidine rings is 1. The monoisotopic (exact) mass is 274 g/mol. The van der Waals surface area contributed by atoms with Crippen molar-refractivity contribution in [3.05, 3.63) is 24.3 Å². The van der Waals surface area contributed by atoms with Gasteiger partial charge in [-0.3, -0.25) is 4.79 Å². The lowest BCUT2D eigenvalue weighted by atomic mass is 9.95. The maximum absolute atomic E-state index is 11.9. The minimum Gasteiger partial charge on any atom is -0.371 e.